The minimum atomic E-state index is -0.454. The number of halogens is 2. The topological polar surface area (TPSA) is 68.3 Å². The van der Waals surface area contributed by atoms with E-state index in [4.69, 9.17) is 10.2 Å². The zero-order valence-electron chi connectivity index (χ0n) is 10.7. The summed E-state index contributed by atoms with van der Waals surface area (Å²) in [6.45, 7) is 0. The number of benzene rings is 2. The highest BCUT2D eigenvalue weighted by molar-refractivity contribution is 9.10. The monoisotopic (exact) mass is 348 g/mol. The molecule has 4 nitrogen and oxygen atoms in total. The molecule has 3 aromatic rings. The Balaban J connectivity index is 1.87. The Hall–Kier alpha value is -2.34. The van der Waals surface area contributed by atoms with Crippen molar-refractivity contribution in [3.63, 3.8) is 0 Å². The first-order valence-corrected chi connectivity index (χ1v) is 6.88. The van der Waals surface area contributed by atoms with Crippen LogP contribution in [0.1, 0.15) is 10.6 Å². The number of nitrogens with two attached hydrogens (primary N) is 1. The number of hydrogen-bond donors (Lipinski definition) is 2. The lowest BCUT2D eigenvalue weighted by atomic mass is 10.2. The van der Waals surface area contributed by atoms with E-state index >= 15 is 0 Å². The Morgan fingerprint density at radius 2 is 2.00 bits per heavy atom. The van der Waals surface area contributed by atoms with Gasteiger partial charge in [-0.05, 0) is 58.4 Å². The number of amides is 1. The molecule has 21 heavy (non-hydrogen) atoms. The lowest BCUT2D eigenvalue weighted by molar-refractivity contribution is 0.0998. The summed E-state index contributed by atoms with van der Waals surface area (Å²) in [6.07, 6.45) is 0. The molecule has 0 spiro atoms. The molecule has 0 aliphatic heterocycles. The number of carbonyl (C=O) groups is 1. The van der Waals surface area contributed by atoms with E-state index in [0.29, 0.717) is 21.4 Å². The van der Waals surface area contributed by atoms with E-state index in [2.05, 4.69) is 21.2 Å². The highest BCUT2D eigenvalue weighted by Crippen LogP contribution is 2.23. The van der Waals surface area contributed by atoms with Crippen LogP contribution in [0.15, 0.2) is 51.4 Å². The summed E-state index contributed by atoms with van der Waals surface area (Å²) in [4.78, 5) is 12.1. The summed E-state index contributed by atoms with van der Waals surface area (Å²) in [5.41, 5.74) is 7.18. The third-order valence-electron chi connectivity index (χ3n) is 2.94. The Morgan fingerprint density at radius 3 is 2.76 bits per heavy atom. The molecule has 0 bridgehead atoms. The normalized spacial score (nSPS) is 10.8. The number of fused-ring (bicyclic) bond motifs is 1. The van der Waals surface area contributed by atoms with Gasteiger partial charge in [-0.2, -0.15) is 0 Å². The predicted octanol–water partition coefficient (Wildman–Crippen LogP) is 4.17. The van der Waals surface area contributed by atoms with Crippen molar-refractivity contribution in [3.05, 3.63) is 58.5 Å². The minimum absolute atomic E-state index is 0.138. The van der Waals surface area contributed by atoms with Crippen LogP contribution in [0.3, 0.4) is 0 Å². The molecule has 106 valence electrons. The number of rotatable bonds is 2. The van der Waals surface area contributed by atoms with E-state index in [-0.39, 0.29) is 5.76 Å². The van der Waals surface area contributed by atoms with E-state index < -0.39 is 11.7 Å². The van der Waals surface area contributed by atoms with Crippen molar-refractivity contribution >= 4 is 44.2 Å². The molecule has 0 saturated carbocycles. The molecular formula is C15H10BrFN2O2. The Morgan fingerprint density at radius 1 is 1.19 bits per heavy atom. The molecule has 1 heterocycles. The van der Waals surface area contributed by atoms with Crippen LogP contribution in [0.4, 0.5) is 15.8 Å². The first-order valence-electron chi connectivity index (χ1n) is 6.08. The van der Waals surface area contributed by atoms with Gasteiger partial charge in [-0.1, -0.05) is 0 Å². The molecule has 3 rings (SSSR count). The molecular weight excluding hydrogens is 339 g/mol. The lowest BCUT2D eigenvalue weighted by Crippen LogP contribution is -2.10. The first-order chi connectivity index (χ1) is 10.0. The molecule has 0 saturated heterocycles. The van der Waals surface area contributed by atoms with Gasteiger partial charge in [0.1, 0.15) is 11.4 Å². The molecule has 0 aliphatic carbocycles. The molecule has 1 aromatic heterocycles. The second kappa shape index (κ2) is 5.21. The largest absolute Gasteiger partial charge is 0.451 e. The van der Waals surface area contributed by atoms with Crippen molar-refractivity contribution in [1.82, 2.24) is 0 Å². The van der Waals surface area contributed by atoms with Crippen LogP contribution in [0.25, 0.3) is 11.0 Å². The first kappa shape index (κ1) is 13.6. The van der Waals surface area contributed by atoms with Gasteiger partial charge in [0.05, 0.1) is 4.47 Å². The highest BCUT2D eigenvalue weighted by Gasteiger charge is 2.13. The van der Waals surface area contributed by atoms with Crippen LogP contribution in [0.5, 0.6) is 0 Å². The summed E-state index contributed by atoms with van der Waals surface area (Å²) in [5.74, 6) is -0.768. The fourth-order valence-electron chi connectivity index (χ4n) is 1.94. The van der Waals surface area contributed by atoms with Crippen molar-refractivity contribution < 1.29 is 13.6 Å². The van der Waals surface area contributed by atoms with E-state index in [1.807, 2.05) is 0 Å². The number of furan rings is 1. The highest BCUT2D eigenvalue weighted by atomic mass is 79.9. The van der Waals surface area contributed by atoms with Gasteiger partial charge >= 0.3 is 0 Å². The van der Waals surface area contributed by atoms with Crippen LogP contribution < -0.4 is 11.1 Å². The van der Waals surface area contributed by atoms with Crippen LogP contribution in [0.2, 0.25) is 0 Å². The van der Waals surface area contributed by atoms with Gasteiger partial charge in [0.25, 0.3) is 5.91 Å². The number of hydrogen-bond acceptors (Lipinski definition) is 3. The fraction of sp³-hybridized carbons (Fsp3) is 0. The van der Waals surface area contributed by atoms with Crippen LogP contribution >= 0.6 is 15.9 Å². The van der Waals surface area contributed by atoms with Crippen molar-refractivity contribution in [2.75, 3.05) is 11.1 Å². The smallest absolute Gasteiger partial charge is 0.291 e. The summed E-state index contributed by atoms with van der Waals surface area (Å²) >= 11 is 3.05. The molecule has 6 heteroatoms. The van der Waals surface area contributed by atoms with Crippen molar-refractivity contribution in [2.45, 2.75) is 0 Å². The summed E-state index contributed by atoms with van der Waals surface area (Å²) in [5, 5.41) is 3.32. The maximum atomic E-state index is 13.4. The van der Waals surface area contributed by atoms with Crippen LogP contribution in [0, 0.1) is 5.82 Å². The second-order valence-electron chi connectivity index (χ2n) is 4.49. The molecule has 0 radical (unpaired) electrons. The summed E-state index contributed by atoms with van der Waals surface area (Å²) in [7, 11) is 0. The average Bonchev–Trinajstić information content (AvgIpc) is 2.86. The standard InChI is InChI=1S/C15H10BrFN2O2/c16-11-3-2-10(7-12(11)17)19-15(20)14-6-8-5-9(18)1-4-13(8)21-14/h1-7H,18H2,(H,19,20). The summed E-state index contributed by atoms with van der Waals surface area (Å²) < 4.78 is 19.2. The third-order valence-corrected chi connectivity index (χ3v) is 3.58. The van der Waals surface area contributed by atoms with Crippen molar-refractivity contribution in [1.29, 1.82) is 0 Å². The molecule has 0 atom stereocenters. The van der Waals surface area contributed by atoms with Crippen LogP contribution in [-0.4, -0.2) is 5.91 Å². The van der Waals surface area contributed by atoms with Crippen molar-refractivity contribution in [2.24, 2.45) is 0 Å². The average molecular weight is 349 g/mol. The molecule has 0 aliphatic rings. The molecule has 1 amide bonds. The fourth-order valence-corrected chi connectivity index (χ4v) is 2.19. The number of carbonyl (C=O) groups excluding carboxylic acids is 1. The van der Waals surface area contributed by atoms with Gasteiger partial charge < -0.3 is 15.5 Å². The van der Waals surface area contributed by atoms with Gasteiger partial charge in [0.15, 0.2) is 5.76 Å². The Labute approximate surface area is 127 Å². The maximum Gasteiger partial charge on any atom is 0.291 e. The third kappa shape index (κ3) is 2.75. The van der Waals surface area contributed by atoms with E-state index in [1.165, 1.54) is 12.1 Å². The zero-order valence-corrected chi connectivity index (χ0v) is 12.3. The molecule has 0 fully saturated rings. The molecule has 3 N–H and O–H groups in total. The van der Waals surface area contributed by atoms with E-state index in [1.54, 1.807) is 30.3 Å². The van der Waals surface area contributed by atoms with Gasteiger partial charge in [-0.15, -0.1) is 0 Å². The lowest BCUT2D eigenvalue weighted by Gasteiger charge is -2.03. The quantitative estimate of drug-likeness (QED) is 0.683. The van der Waals surface area contributed by atoms with Gasteiger partial charge in [-0.3, -0.25) is 4.79 Å². The van der Waals surface area contributed by atoms with Crippen molar-refractivity contribution in [3.8, 4) is 0 Å². The molecule has 0 unspecified atom stereocenters. The van der Waals surface area contributed by atoms with E-state index in [0.717, 1.165) is 5.39 Å². The van der Waals surface area contributed by atoms with Gasteiger partial charge in [0.2, 0.25) is 0 Å². The Kier molecular flexibility index (Phi) is 3.39. The number of anilines is 2. The zero-order chi connectivity index (χ0) is 15.0. The molecule has 2 aromatic carbocycles. The summed E-state index contributed by atoms with van der Waals surface area (Å²) in [6, 6.07) is 11.0. The number of nitrogen functional groups attached to an aromatic ring is 1. The van der Waals surface area contributed by atoms with Gasteiger partial charge in [-0.25, -0.2) is 4.39 Å². The maximum absolute atomic E-state index is 13.4. The Bertz CT molecular complexity index is 845. The number of nitrogens with one attached hydrogen (secondary N) is 1. The second-order valence-corrected chi connectivity index (χ2v) is 5.35. The van der Waals surface area contributed by atoms with Crippen LogP contribution in [-0.2, 0) is 0 Å². The SMILES string of the molecule is Nc1ccc2oc(C(=O)Nc3ccc(Br)c(F)c3)cc2c1. The predicted molar refractivity (Wildman–Crippen MR) is 82.7 cm³/mol. The minimum Gasteiger partial charge on any atom is -0.451 e. The van der Waals surface area contributed by atoms with Gasteiger partial charge in [0, 0.05) is 16.8 Å². The van der Waals surface area contributed by atoms with E-state index in [9.17, 15) is 9.18 Å².